The summed E-state index contributed by atoms with van der Waals surface area (Å²) in [6.07, 6.45) is 2.22. The van der Waals surface area contributed by atoms with Gasteiger partial charge >= 0.3 is 5.69 Å². The number of carbonyl (C=O) groups excluding carboxylic acids is 1. The van der Waals surface area contributed by atoms with Crippen molar-refractivity contribution in [1.82, 2.24) is 9.80 Å². The predicted octanol–water partition coefficient (Wildman–Crippen LogP) is 4.90. The van der Waals surface area contributed by atoms with Gasteiger partial charge in [0.25, 0.3) is 0 Å². The van der Waals surface area contributed by atoms with Crippen LogP contribution in [0, 0.1) is 16.0 Å². The minimum absolute atomic E-state index is 0.0250. The highest BCUT2D eigenvalue weighted by Gasteiger charge is 2.25. The Morgan fingerprint density at radius 2 is 1.76 bits per heavy atom. The van der Waals surface area contributed by atoms with E-state index in [1.165, 1.54) is 11.8 Å². The van der Waals surface area contributed by atoms with Gasteiger partial charge in [0.05, 0.1) is 11.5 Å². The Morgan fingerprint density at radius 3 is 2.39 bits per heavy atom. The molecular weight excluding hydrogens is 506 g/mol. The van der Waals surface area contributed by atoms with Crippen molar-refractivity contribution in [3.05, 3.63) is 57.6 Å². The standard InChI is InChI=1S/C28H38ClN5O4/c1-21(2)20-38-27-19-24(5-8-26(27)34(36)37)30-23-9-13-33(14-10-23)28(35)11-12-31-15-17-32(18-16-31)25-6-3-22(29)4-7-25/h3-8,19,21,23,30H,9-18,20H2,1-2H3. The highest BCUT2D eigenvalue weighted by molar-refractivity contribution is 6.30. The molecule has 1 N–H and O–H groups in total. The number of likely N-dealkylation sites (tertiary alicyclic amines) is 1. The lowest BCUT2D eigenvalue weighted by Gasteiger charge is -2.37. The van der Waals surface area contributed by atoms with Gasteiger partial charge in [0.1, 0.15) is 0 Å². The lowest BCUT2D eigenvalue weighted by molar-refractivity contribution is -0.385. The van der Waals surface area contributed by atoms with Crippen molar-refractivity contribution in [3.63, 3.8) is 0 Å². The van der Waals surface area contributed by atoms with E-state index in [1.54, 1.807) is 12.1 Å². The second kappa shape index (κ2) is 13.2. The number of piperidine rings is 1. The first kappa shape index (κ1) is 28.0. The normalized spacial score (nSPS) is 17.1. The number of nitrogens with zero attached hydrogens (tertiary/aromatic N) is 4. The number of ether oxygens (including phenoxy) is 1. The molecule has 38 heavy (non-hydrogen) atoms. The highest BCUT2D eigenvalue weighted by atomic mass is 35.5. The first-order valence-electron chi connectivity index (χ1n) is 13.5. The van der Waals surface area contributed by atoms with Crippen LogP contribution in [0.5, 0.6) is 5.75 Å². The number of carbonyl (C=O) groups is 1. The van der Waals surface area contributed by atoms with E-state index in [1.807, 2.05) is 30.9 Å². The molecular formula is C28H38ClN5O4. The molecule has 1 amide bonds. The summed E-state index contributed by atoms with van der Waals surface area (Å²) < 4.78 is 5.70. The number of nitro benzene ring substituents is 1. The summed E-state index contributed by atoms with van der Waals surface area (Å²) in [6, 6.07) is 13.1. The zero-order chi connectivity index (χ0) is 27.1. The maximum atomic E-state index is 12.9. The second-order valence-corrected chi connectivity index (χ2v) is 10.9. The molecule has 2 saturated heterocycles. The molecule has 10 heteroatoms. The first-order valence-corrected chi connectivity index (χ1v) is 13.8. The number of anilines is 2. The first-order chi connectivity index (χ1) is 18.3. The topological polar surface area (TPSA) is 91.2 Å². The molecule has 0 radical (unpaired) electrons. The fourth-order valence-electron chi connectivity index (χ4n) is 4.93. The number of benzene rings is 2. The Kier molecular flexibility index (Phi) is 9.69. The fourth-order valence-corrected chi connectivity index (χ4v) is 5.06. The van der Waals surface area contributed by atoms with Crippen molar-refractivity contribution in [2.24, 2.45) is 5.92 Å². The van der Waals surface area contributed by atoms with Crippen LogP contribution in [0.4, 0.5) is 17.1 Å². The van der Waals surface area contributed by atoms with E-state index in [0.29, 0.717) is 26.1 Å². The van der Waals surface area contributed by atoms with Gasteiger partial charge in [0.15, 0.2) is 5.75 Å². The van der Waals surface area contributed by atoms with Gasteiger partial charge in [-0.3, -0.25) is 19.8 Å². The summed E-state index contributed by atoms with van der Waals surface area (Å²) in [5.74, 6) is 0.769. The molecule has 2 aliphatic heterocycles. The quantitative estimate of drug-likeness (QED) is 0.336. The molecule has 2 aliphatic rings. The van der Waals surface area contributed by atoms with Crippen LogP contribution in [-0.4, -0.2) is 79.1 Å². The molecule has 2 aromatic carbocycles. The van der Waals surface area contributed by atoms with E-state index < -0.39 is 4.92 Å². The van der Waals surface area contributed by atoms with Gasteiger partial charge in [-0.15, -0.1) is 0 Å². The molecule has 2 heterocycles. The third kappa shape index (κ3) is 7.74. The van der Waals surface area contributed by atoms with Crippen molar-refractivity contribution in [2.45, 2.75) is 39.2 Å². The molecule has 0 aromatic heterocycles. The van der Waals surface area contributed by atoms with E-state index in [9.17, 15) is 14.9 Å². The summed E-state index contributed by atoms with van der Waals surface area (Å²) in [7, 11) is 0. The average Bonchev–Trinajstić information content (AvgIpc) is 2.91. The number of hydrogen-bond acceptors (Lipinski definition) is 7. The smallest absolute Gasteiger partial charge is 0.311 e. The van der Waals surface area contributed by atoms with Crippen LogP contribution in [0.15, 0.2) is 42.5 Å². The fraction of sp³-hybridized carbons (Fsp3) is 0.536. The van der Waals surface area contributed by atoms with Gasteiger partial charge < -0.3 is 19.9 Å². The van der Waals surface area contributed by atoms with Gasteiger partial charge in [-0.1, -0.05) is 25.4 Å². The number of nitro groups is 1. The molecule has 0 saturated carbocycles. The molecule has 0 aliphatic carbocycles. The van der Waals surface area contributed by atoms with Crippen molar-refractivity contribution < 1.29 is 14.5 Å². The Balaban J connectivity index is 1.19. The number of nitrogens with one attached hydrogen (secondary N) is 1. The lowest BCUT2D eigenvalue weighted by atomic mass is 10.0. The van der Waals surface area contributed by atoms with E-state index in [2.05, 4.69) is 27.2 Å². The van der Waals surface area contributed by atoms with E-state index in [-0.39, 0.29) is 29.3 Å². The number of halogens is 1. The van der Waals surface area contributed by atoms with Crippen LogP contribution in [-0.2, 0) is 4.79 Å². The summed E-state index contributed by atoms with van der Waals surface area (Å²) in [5, 5.41) is 15.6. The van der Waals surface area contributed by atoms with Crippen molar-refractivity contribution >= 4 is 34.6 Å². The number of amides is 1. The lowest BCUT2D eigenvalue weighted by Crippen LogP contribution is -2.48. The molecule has 0 unspecified atom stereocenters. The van der Waals surface area contributed by atoms with Crippen LogP contribution in [0.3, 0.4) is 0 Å². The molecule has 0 spiro atoms. The molecule has 0 bridgehead atoms. The van der Waals surface area contributed by atoms with Gasteiger partial charge in [-0.2, -0.15) is 0 Å². The van der Waals surface area contributed by atoms with Crippen LogP contribution < -0.4 is 15.0 Å². The Hall–Kier alpha value is -3.04. The number of rotatable bonds is 10. The molecule has 4 rings (SSSR count). The van der Waals surface area contributed by atoms with Gasteiger partial charge in [-0.05, 0) is 49.1 Å². The maximum absolute atomic E-state index is 12.9. The maximum Gasteiger partial charge on any atom is 0.311 e. The minimum Gasteiger partial charge on any atom is -0.486 e. The zero-order valence-electron chi connectivity index (χ0n) is 22.3. The highest BCUT2D eigenvalue weighted by Crippen LogP contribution is 2.31. The van der Waals surface area contributed by atoms with Gasteiger partial charge in [-0.25, -0.2) is 0 Å². The number of hydrogen-bond donors (Lipinski definition) is 1. The summed E-state index contributed by atoms with van der Waals surface area (Å²) in [5.41, 5.74) is 1.97. The third-order valence-corrected chi connectivity index (χ3v) is 7.41. The predicted molar refractivity (Wildman–Crippen MR) is 151 cm³/mol. The molecule has 0 atom stereocenters. The van der Waals surface area contributed by atoms with Crippen LogP contribution in [0.1, 0.15) is 33.1 Å². The molecule has 2 aromatic rings. The SMILES string of the molecule is CC(C)COc1cc(NC2CCN(C(=O)CCN3CCN(c4ccc(Cl)cc4)CC3)CC2)ccc1[N+](=O)[O-]. The third-order valence-electron chi connectivity index (χ3n) is 7.15. The summed E-state index contributed by atoms with van der Waals surface area (Å²) in [6.45, 7) is 10.4. The Morgan fingerprint density at radius 1 is 1.08 bits per heavy atom. The Bertz CT molecular complexity index is 1080. The van der Waals surface area contributed by atoms with Gasteiger partial charge in [0.2, 0.25) is 5.91 Å². The van der Waals surface area contributed by atoms with Gasteiger partial charge in [0, 0.05) is 86.8 Å². The van der Waals surface area contributed by atoms with Crippen LogP contribution in [0.25, 0.3) is 0 Å². The molecule has 2 fully saturated rings. The van der Waals surface area contributed by atoms with Crippen molar-refractivity contribution in [1.29, 1.82) is 0 Å². The second-order valence-electron chi connectivity index (χ2n) is 10.5. The Labute approximate surface area is 229 Å². The van der Waals surface area contributed by atoms with Crippen LogP contribution >= 0.6 is 11.6 Å². The van der Waals surface area contributed by atoms with Crippen molar-refractivity contribution in [2.75, 3.05) is 62.6 Å². The molecule has 206 valence electrons. The summed E-state index contributed by atoms with van der Waals surface area (Å²) in [4.78, 5) is 30.5. The van der Waals surface area contributed by atoms with Crippen molar-refractivity contribution in [3.8, 4) is 5.75 Å². The molecule has 9 nitrogen and oxygen atoms in total. The van der Waals surface area contributed by atoms with E-state index in [4.69, 9.17) is 16.3 Å². The monoisotopic (exact) mass is 543 g/mol. The minimum atomic E-state index is -0.414. The van der Waals surface area contributed by atoms with Crippen LogP contribution in [0.2, 0.25) is 5.02 Å². The number of piperazine rings is 1. The largest absolute Gasteiger partial charge is 0.486 e. The zero-order valence-corrected chi connectivity index (χ0v) is 23.0. The van der Waals surface area contributed by atoms with E-state index in [0.717, 1.165) is 56.3 Å². The van der Waals surface area contributed by atoms with E-state index >= 15 is 0 Å². The average molecular weight is 544 g/mol. The summed E-state index contributed by atoms with van der Waals surface area (Å²) >= 11 is 6.00.